The average Bonchev–Trinajstić information content (AvgIpc) is 2.48. The molecule has 0 radical (unpaired) electrons. The van der Waals surface area contributed by atoms with E-state index in [1.807, 2.05) is 24.0 Å². The van der Waals surface area contributed by atoms with Gasteiger partial charge in [-0.3, -0.25) is 9.69 Å². The van der Waals surface area contributed by atoms with Crippen LogP contribution < -0.4 is 5.73 Å². The van der Waals surface area contributed by atoms with E-state index in [0.717, 1.165) is 44.2 Å². The number of carbonyl (C=O) groups is 1. The van der Waals surface area contributed by atoms with Gasteiger partial charge in [0.1, 0.15) is 0 Å². The maximum Gasteiger partial charge on any atom is 0.222 e. The molecule has 0 saturated carbocycles. The first kappa shape index (κ1) is 16.3. The highest BCUT2D eigenvalue weighted by Crippen LogP contribution is 2.13. The Morgan fingerprint density at radius 2 is 1.86 bits per heavy atom. The minimum atomic E-state index is 0.0974. The highest BCUT2D eigenvalue weighted by molar-refractivity contribution is 6.30. The second-order valence-corrected chi connectivity index (χ2v) is 6.24. The van der Waals surface area contributed by atoms with Gasteiger partial charge >= 0.3 is 0 Å². The van der Waals surface area contributed by atoms with Crippen molar-refractivity contribution < 1.29 is 4.79 Å². The molecule has 1 aliphatic heterocycles. The van der Waals surface area contributed by atoms with Gasteiger partial charge in [0.05, 0.1) is 0 Å². The summed E-state index contributed by atoms with van der Waals surface area (Å²) < 4.78 is 0. The van der Waals surface area contributed by atoms with E-state index in [1.54, 1.807) is 0 Å². The van der Waals surface area contributed by atoms with Crippen molar-refractivity contribution in [1.82, 2.24) is 9.80 Å². The van der Waals surface area contributed by atoms with Gasteiger partial charge in [-0.1, -0.05) is 23.7 Å². The molecule has 1 heterocycles. The van der Waals surface area contributed by atoms with Crippen LogP contribution >= 0.6 is 11.6 Å². The highest BCUT2D eigenvalue weighted by Gasteiger charge is 2.20. The minimum Gasteiger partial charge on any atom is -0.340 e. The summed E-state index contributed by atoms with van der Waals surface area (Å²) in [7, 11) is 0. The van der Waals surface area contributed by atoms with Crippen molar-refractivity contribution in [3.8, 4) is 0 Å². The average molecular weight is 310 g/mol. The van der Waals surface area contributed by atoms with Crippen molar-refractivity contribution in [1.29, 1.82) is 0 Å². The number of amides is 1. The summed E-state index contributed by atoms with van der Waals surface area (Å²) in [6, 6.07) is 8.06. The molecule has 0 spiro atoms. The predicted octanol–water partition coefficient (Wildman–Crippen LogP) is 2.11. The monoisotopic (exact) mass is 309 g/mol. The van der Waals surface area contributed by atoms with Crippen LogP contribution in [-0.4, -0.2) is 47.9 Å². The van der Waals surface area contributed by atoms with E-state index in [-0.39, 0.29) is 11.9 Å². The van der Waals surface area contributed by atoms with Crippen LogP contribution in [0.2, 0.25) is 5.02 Å². The first-order valence-corrected chi connectivity index (χ1v) is 7.92. The first-order valence-electron chi connectivity index (χ1n) is 7.55. The summed E-state index contributed by atoms with van der Waals surface area (Å²) in [4.78, 5) is 16.4. The van der Waals surface area contributed by atoms with E-state index in [0.29, 0.717) is 6.42 Å². The second-order valence-electron chi connectivity index (χ2n) is 5.80. The number of hydrogen-bond acceptors (Lipinski definition) is 3. The lowest BCUT2D eigenvalue weighted by molar-refractivity contribution is -0.133. The second kappa shape index (κ2) is 7.78. The van der Waals surface area contributed by atoms with Crippen LogP contribution in [0.3, 0.4) is 0 Å². The van der Waals surface area contributed by atoms with Gasteiger partial charge in [0.25, 0.3) is 0 Å². The summed E-state index contributed by atoms with van der Waals surface area (Å²) in [5.41, 5.74) is 6.96. The minimum absolute atomic E-state index is 0.0974. The Labute approximate surface area is 131 Å². The first-order chi connectivity index (χ1) is 10.0. The molecule has 1 fully saturated rings. The summed E-state index contributed by atoms with van der Waals surface area (Å²) in [6.45, 7) is 6.33. The number of rotatable bonds is 5. The van der Waals surface area contributed by atoms with Gasteiger partial charge in [-0.15, -0.1) is 0 Å². The van der Waals surface area contributed by atoms with Gasteiger partial charge in [0.15, 0.2) is 0 Å². The van der Waals surface area contributed by atoms with E-state index < -0.39 is 0 Å². The van der Waals surface area contributed by atoms with E-state index in [2.05, 4.69) is 17.0 Å². The molecule has 1 saturated heterocycles. The number of nitrogens with two attached hydrogens (primary N) is 1. The Morgan fingerprint density at radius 3 is 2.43 bits per heavy atom. The Kier molecular flexibility index (Phi) is 6.03. The van der Waals surface area contributed by atoms with Crippen molar-refractivity contribution in [3.05, 3.63) is 34.9 Å². The summed E-state index contributed by atoms with van der Waals surface area (Å²) in [6.07, 6.45) is 1.33. The zero-order chi connectivity index (χ0) is 15.2. The number of carbonyl (C=O) groups excluding carboxylic acids is 1. The van der Waals surface area contributed by atoms with Crippen LogP contribution in [-0.2, 0) is 11.3 Å². The molecule has 4 nitrogen and oxygen atoms in total. The fourth-order valence-electron chi connectivity index (χ4n) is 2.51. The summed E-state index contributed by atoms with van der Waals surface area (Å²) in [5, 5.41) is 0.767. The van der Waals surface area contributed by atoms with Gasteiger partial charge in [-0.2, -0.15) is 0 Å². The molecular weight excluding hydrogens is 286 g/mol. The third-order valence-electron chi connectivity index (χ3n) is 3.86. The molecule has 1 atom stereocenters. The fourth-order valence-corrected chi connectivity index (χ4v) is 2.64. The van der Waals surface area contributed by atoms with E-state index in [4.69, 9.17) is 17.3 Å². The molecular formula is C16H24ClN3O. The molecule has 21 heavy (non-hydrogen) atoms. The molecule has 1 aliphatic rings. The van der Waals surface area contributed by atoms with Crippen LogP contribution in [0, 0.1) is 0 Å². The topological polar surface area (TPSA) is 49.6 Å². The van der Waals surface area contributed by atoms with Gasteiger partial charge in [0.2, 0.25) is 5.91 Å². The number of hydrogen-bond donors (Lipinski definition) is 1. The van der Waals surface area contributed by atoms with Gasteiger partial charge in [-0.25, -0.2) is 0 Å². The van der Waals surface area contributed by atoms with Gasteiger partial charge in [0, 0.05) is 50.2 Å². The number of nitrogens with zero attached hydrogens (tertiary/aromatic N) is 2. The van der Waals surface area contributed by atoms with Crippen molar-refractivity contribution >= 4 is 17.5 Å². The lowest BCUT2D eigenvalue weighted by atomic mass is 10.1. The van der Waals surface area contributed by atoms with Crippen molar-refractivity contribution in [2.24, 2.45) is 5.73 Å². The molecule has 5 heteroatoms. The molecule has 1 aromatic rings. The van der Waals surface area contributed by atoms with Crippen LogP contribution in [0.1, 0.15) is 25.3 Å². The van der Waals surface area contributed by atoms with Crippen LogP contribution in [0.15, 0.2) is 24.3 Å². The lowest BCUT2D eigenvalue weighted by Crippen LogP contribution is -2.48. The van der Waals surface area contributed by atoms with Crippen LogP contribution in [0.25, 0.3) is 0 Å². The maximum atomic E-state index is 12.0. The third kappa shape index (κ3) is 5.30. The number of halogens is 1. The predicted molar refractivity (Wildman–Crippen MR) is 86.2 cm³/mol. The Bertz CT molecular complexity index is 453. The Balaban J connectivity index is 1.75. The number of benzene rings is 1. The summed E-state index contributed by atoms with van der Waals surface area (Å²) >= 11 is 5.89. The largest absolute Gasteiger partial charge is 0.340 e. The van der Waals surface area contributed by atoms with E-state index in [9.17, 15) is 4.79 Å². The van der Waals surface area contributed by atoms with Crippen molar-refractivity contribution in [2.45, 2.75) is 32.4 Å². The SMILES string of the molecule is CC(N)CCC(=O)N1CCN(Cc2ccc(Cl)cc2)CC1. The third-order valence-corrected chi connectivity index (χ3v) is 4.11. The molecule has 1 amide bonds. The van der Waals surface area contributed by atoms with Gasteiger partial charge in [-0.05, 0) is 31.0 Å². The number of piperazine rings is 1. The standard InChI is InChI=1S/C16H24ClN3O/c1-13(18)2-7-16(21)20-10-8-19(9-11-20)12-14-3-5-15(17)6-4-14/h3-6,13H,2,7-12,18H2,1H3. The highest BCUT2D eigenvalue weighted by atomic mass is 35.5. The van der Waals surface area contributed by atoms with Crippen LogP contribution in [0.5, 0.6) is 0 Å². The van der Waals surface area contributed by atoms with Crippen molar-refractivity contribution in [3.63, 3.8) is 0 Å². The van der Waals surface area contributed by atoms with Crippen molar-refractivity contribution in [2.75, 3.05) is 26.2 Å². The summed E-state index contributed by atoms with van der Waals surface area (Å²) in [5.74, 6) is 0.235. The molecule has 2 rings (SSSR count). The smallest absolute Gasteiger partial charge is 0.222 e. The van der Waals surface area contributed by atoms with Crippen LogP contribution in [0.4, 0.5) is 0 Å². The fraction of sp³-hybridized carbons (Fsp3) is 0.562. The lowest BCUT2D eigenvalue weighted by Gasteiger charge is -2.35. The Hall–Kier alpha value is -1.10. The quantitative estimate of drug-likeness (QED) is 0.906. The molecule has 116 valence electrons. The van der Waals surface area contributed by atoms with E-state index in [1.165, 1.54) is 5.56 Å². The molecule has 1 unspecified atom stereocenters. The van der Waals surface area contributed by atoms with Gasteiger partial charge < -0.3 is 10.6 Å². The molecule has 0 aliphatic carbocycles. The normalized spacial score (nSPS) is 17.8. The molecule has 2 N–H and O–H groups in total. The Morgan fingerprint density at radius 1 is 1.24 bits per heavy atom. The molecule has 0 aromatic heterocycles. The van der Waals surface area contributed by atoms with E-state index >= 15 is 0 Å². The molecule has 1 aromatic carbocycles. The zero-order valence-electron chi connectivity index (χ0n) is 12.6. The zero-order valence-corrected chi connectivity index (χ0v) is 13.4. The maximum absolute atomic E-state index is 12.0. The molecule has 0 bridgehead atoms.